The molecule has 12 nitrogen and oxygen atoms in total. The molecule has 4 atom stereocenters. The zero-order valence-electron chi connectivity index (χ0n) is 19.2. The van der Waals surface area contributed by atoms with Crippen molar-refractivity contribution in [2.75, 3.05) is 33.5 Å². The van der Waals surface area contributed by atoms with E-state index >= 15 is 0 Å². The highest BCUT2D eigenvalue weighted by atomic mass is 16.7. The first-order valence-electron chi connectivity index (χ1n) is 11.2. The molecule has 0 radical (unpaired) electrons. The molecule has 12 heteroatoms. The van der Waals surface area contributed by atoms with E-state index in [1.165, 1.54) is 14.0 Å². The van der Waals surface area contributed by atoms with Crippen LogP contribution in [0.15, 0.2) is 22.6 Å². The third-order valence-electron chi connectivity index (χ3n) is 7.21. The van der Waals surface area contributed by atoms with Crippen molar-refractivity contribution in [1.29, 1.82) is 0 Å². The predicted molar refractivity (Wildman–Crippen MR) is 112 cm³/mol. The maximum absolute atomic E-state index is 14.0. The smallest absolute Gasteiger partial charge is 0.404 e. The van der Waals surface area contributed by atoms with Gasteiger partial charge in [-0.25, -0.2) is 4.79 Å². The number of nitrogens with two attached hydrogens (primary N) is 1. The van der Waals surface area contributed by atoms with Crippen LogP contribution in [0, 0.1) is 5.92 Å². The quantitative estimate of drug-likeness (QED) is 0.358. The molecular weight excluding hydrogens is 450 g/mol. The zero-order valence-corrected chi connectivity index (χ0v) is 19.2. The van der Waals surface area contributed by atoms with Crippen LogP contribution < -0.4 is 11.1 Å². The number of hydrogen-bond donors (Lipinski definition) is 2. The van der Waals surface area contributed by atoms with Crippen LogP contribution in [0.4, 0.5) is 4.79 Å². The molecule has 0 aromatic heterocycles. The summed E-state index contributed by atoms with van der Waals surface area (Å²) in [5.74, 6) is -3.60. The molecule has 0 bridgehead atoms. The van der Waals surface area contributed by atoms with E-state index in [1.807, 2.05) is 4.90 Å². The molecule has 5 rings (SSSR count). The fraction of sp³-hybridized carbons (Fsp3) is 0.636. The second-order valence-electron chi connectivity index (χ2n) is 9.04. The van der Waals surface area contributed by atoms with Gasteiger partial charge in [0.15, 0.2) is 11.5 Å². The highest BCUT2D eigenvalue weighted by molar-refractivity contribution is 6.07. The largest absolute Gasteiger partial charge is 0.449 e. The summed E-state index contributed by atoms with van der Waals surface area (Å²) in [7, 11) is 1.52. The first kappa shape index (κ1) is 23.0. The van der Waals surface area contributed by atoms with Crippen LogP contribution in [0.3, 0.4) is 0 Å². The van der Waals surface area contributed by atoms with Crippen molar-refractivity contribution in [3.8, 4) is 0 Å². The number of hydrogen-bond acceptors (Lipinski definition) is 11. The molecule has 1 aliphatic carbocycles. The number of primary amides is 1. The van der Waals surface area contributed by atoms with E-state index in [2.05, 4.69) is 5.32 Å². The number of esters is 1. The van der Waals surface area contributed by atoms with Crippen molar-refractivity contribution in [3.05, 3.63) is 22.6 Å². The van der Waals surface area contributed by atoms with Gasteiger partial charge in [-0.1, -0.05) is 0 Å². The van der Waals surface area contributed by atoms with E-state index in [0.717, 1.165) is 0 Å². The lowest BCUT2D eigenvalue weighted by Gasteiger charge is -2.40. The fourth-order valence-electron chi connectivity index (χ4n) is 5.70. The summed E-state index contributed by atoms with van der Waals surface area (Å²) in [4.78, 5) is 51.4. The van der Waals surface area contributed by atoms with Crippen molar-refractivity contribution in [2.24, 2.45) is 11.7 Å². The Bertz CT molecular complexity index is 1040. The standard InChI is InChI=1S/C22H27N3O9/c1-10(26)4-5-14(27)34-17-11(2)22(32-6-7-33-22)19(28)15-12(9-31-20(23)29)21(30-3)18-13(24-18)8-25(21)16(15)17/h12-13,18,24H,4-9H2,1-3H3,(H2,23,29)/t12-,13+,18+,21-/m1/s1. The average molecular weight is 477 g/mol. The molecular formula is C22H27N3O9. The number of ketones is 2. The molecule has 3 fully saturated rings. The Morgan fingerprint density at radius 2 is 1.94 bits per heavy atom. The van der Waals surface area contributed by atoms with Crippen LogP contribution in [0.1, 0.15) is 26.7 Å². The number of piperazine rings is 1. The van der Waals surface area contributed by atoms with Crippen molar-refractivity contribution >= 4 is 23.6 Å². The van der Waals surface area contributed by atoms with Gasteiger partial charge in [0.2, 0.25) is 5.78 Å². The molecule has 184 valence electrons. The van der Waals surface area contributed by atoms with Crippen LogP contribution in [0.25, 0.3) is 0 Å². The molecule has 0 saturated carbocycles. The average Bonchev–Trinajstić information content (AvgIpc) is 3.17. The second-order valence-corrected chi connectivity index (χ2v) is 9.04. The van der Waals surface area contributed by atoms with E-state index in [1.54, 1.807) is 6.92 Å². The van der Waals surface area contributed by atoms with Gasteiger partial charge in [0, 0.05) is 37.3 Å². The summed E-state index contributed by atoms with van der Waals surface area (Å²) in [5, 5.41) is 3.33. The Labute approximate surface area is 195 Å². The molecule has 3 N–H and O–H groups in total. The SMILES string of the molecule is CO[C@@]12[C@H](COC(N)=O)C3=C(C(OC(=O)CCC(C)=O)=C(C)C4(OCCO4)C3=O)N1C[C@@H]1N[C@@H]12. The minimum absolute atomic E-state index is 0.0308. The summed E-state index contributed by atoms with van der Waals surface area (Å²) in [6.07, 6.45) is -1.07. The number of carbonyl (C=O) groups excluding carboxylic acids is 4. The molecule has 3 saturated heterocycles. The Kier molecular flexibility index (Phi) is 5.32. The highest BCUT2D eigenvalue weighted by Crippen LogP contribution is 2.59. The molecule has 4 heterocycles. The maximum atomic E-state index is 14.0. The van der Waals surface area contributed by atoms with Crippen LogP contribution in [-0.2, 0) is 38.1 Å². The summed E-state index contributed by atoms with van der Waals surface area (Å²) in [6, 6.07) is -0.0567. The van der Waals surface area contributed by atoms with Crippen LogP contribution >= 0.6 is 0 Å². The number of methoxy groups -OCH3 is 1. The number of fused-ring (bicyclic) bond motifs is 4. The third kappa shape index (κ3) is 3.05. The number of rotatable bonds is 7. The molecule has 1 spiro atoms. The maximum Gasteiger partial charge on any atom is 0.404 e. The highest BCUT2D eigenvalue weighted by Gasteiger charge is 2.74. The van der Waals surface area contributed by atoms with Gasteiger partial charge in [0.1, 0.15) is 12.4 Å². The van der Waals surface area contributed by atoms with Crippen molar-refractivity contribution < 1.29 is 42.9 Å². The minimum atomic E-state index is -1.76. The van der Waals surface area contributed by atoms with Crippen LogP contribution in [0.2, 0.25) is 0 Å². The summed E-state index contributed by atoms with van der Waals surface area (Å²) < 4.78 is 28.6. The number of nitrogens with zero attached hydrogens (tertiary/aromatic N) is 1. The topological polar surface area (TPSA) is 166 Å². The lowest BCUT2D eigenvalue weighted by molar-refractivity contribution is -0.167. The first-order chi connectivity index (χ1) is 16.2. The molecule has 0 aromatic rings. The van der Waals surface area contributed by atoms with E-state index < -0.39 is 35.3 Å². The molecule has 1 amide bonds. The van der Waals surface area contributed by atoms with Crippen LogP contribution in [0.5, 0.6) is 0 Å². The Morgan fingerprint density at radius 3 is 2.56 bits per heavy atom. The molecule has 5 aliphatic rings. The Balaban J connectivity index is 1.63. The predicted octanol–water partition coefficient (Wildman–Crippen LogP) is -0.523. The van der Waals surface area contributed by atoms with Crippen molar-refractivity contribution in [2.45, 2.75) is 50.3 Å². The molecule has 34 heavy (non-hydrogen) atoms. The van der Waals surface area contributed by atoms with Gasteiger partial charge in [0.05, 0.1) is 37.3 Å². The second kappa shape index (κ2) is 7.87. The lowest BCUT2D eigenvalue weighted by Crippen LogP contribution is -2.55. The zero-order chi connectivity index (χ0) is 24.4. The number of Topliss-reactive ketones (excluding diaryl/α,β-unsaturated/α-hetero) is 2. The van der Waals surface area contributed by atoms with Gasteiger partial charge in [-0.2, -0.15) is 0 Å². The van der Waals surface area contributed by atoms with Crippen LogP contribution in [-0.4, -0.2) is 85.6 Å². The van der Waals surface area contributed by atoms with Crippen molar-refractivity contribution in [3.63, 3.8) is 0 Å². The van der Waals surface area contributed by atoms with Gasteiger partial charge < -0.3 is 44.4 Å². The minimum Gasteiger partial charge on any atom is -0.449 e. The molecule has 0 unspecified atom stereocenters. The van der Waals surface area contributed by atoms with Gasteiger partial charge in [-0.15, -0.1) is 0 Å². The summed E-state index contributed by atoms with van der Waals surface area (Å²) >= 11 is 0. The van der Waals surface area contributed by atoms with Gasteiger partial charge in [-0.05, 0) is 13.8 Å². The van der Waals surface area contributed by atoms with Crippen molar-refractivity contribution in [1.82, 2.24) is 10.2 Å². The van der Waals surface area contributed by atoms with Gasteiger partial charge >= 0.3 is 12.1 Å². The number of nitrogens with one attached hydrogen (secondary N) is 1. The number of amides is 1. The van der Waals surface area contributed by atoms with E-state index in [0.29, 0.717) is 17.8 Å². The summed E-state index contributed by atoms with van der Waals surface area (Å²) in [5.41, 5.74) is 5.10. The summed E-state index contributed by atoms with van der Waals surface area (Å²) in [6.45, 7) is 3.61. The first-order valence-corrected chi connectivity index (χ1v) is 11.2. The monoisotopic (exact) mass is 477 g/mol. The van der Waals surface area contributed by atoms with E-state index in [9.17, 15) is 19.2 Å². The normalized spacial score (nSPS) is 32.6. The van der Waals surface area contributed by atoms with Gasteiger partial charge in [0.25, 0.3) is 5.79 Å². The third-order valence-corrected chi connectivity index (χ3v) is 7.21. The van der Waals surface area contributed by atoms with E-state index in [4.69, 9.17) is 29.4 Å². The van der Waals surface area contributed by atoms with E-state index in [-0.39, 0.29) is 61.9 Å². The molecule has 4 aliphatic heterocycles. The fourth-order valence-corrected chi connectivity index (χ4v) is 5.70. The number of carbonyl (C=O) groups is 4. The number of ether oxygens (including phenoxy) is 5. The molecule has 0 aromatic carbocycles. The van der Waals surface area contributed by atoms with Gasteiger partial charge in [-0.3, -0.25) is 9.59 Å². The Hall–Kier alpha value is -2.80. The lowest BCUT2D eigenvalue weighted by atomic mass is 9.80. The Morgan fingerprint density at radius 1 is 1.24 bits per heavy atom.